The van der Waals surface area contributed by atoms with Crippen molar-refractivity contribution in [3.8, 4) is 0 Å². The number of nitrogens with zero attached hydrogens (tertiary/aromatic N) is 2. The Morgan fingerprint density at radius 2 is 2.08 bits per heavy atom. The maximum Gasteiger partial charge on any atom is 0.244 e. The van der Waals surface area contributed by atoms with Crippen molar-refractivity contribution in [2.75, 3.05) is 19.6 Å². The Morgan fingerprint density at radius 1 is 1.23 bits per heavy atom. The van der Waals surface area contributed by atoms with Crippen LogP contribution in [0.3, 0.4) is 0 Å². The molecule has 26 heavy (non-hydrogen) atoms. The summed E-state index contributed by atoms with van der Waals surface area (Å²) >= 11 is 3.36. The van der Waals surface area contributed by atoms with Gasteiger partial charge in [0.2, 0.25) is 5.91 Å². The number of benzene rings is 1. The van der Waals surface area contributed by atoms with Crippen molar-refractivity contribution in [1.29, 1.82) is 0 Å². The number of para-hydroxylation sites is 1. The lowest BCUT2D eigenvalue weighted by Crippen LogP contribution is -2.35. The molecule has 0 radical (unpaired) electrons. The van der Waals surface area contributed by atoms with Gasteiger partial charge in [-0.05, 0) is 55.6 Å². The Kier molecular flexibility index (Phi) is 5.43. The Bertz CT molecular complexity index is 862. The summed E-state index contributed by atoms with van der Waals surface area (Å²) in [7, 11) is 0. The van der Waals surface area contributed by atoms with Crippen LogP contribution in [0.1, 0.15) is 28.8 Å². The summed E-state index contributed by atoms with van der Waals surface area (Å²) in [6.07, 6.45) is 5.88. The van der Waals surface area contributed by atoms with Gasteiger partial charge in [0.25, 0.3) is 0 Å². The normalized spacial score (nSPS) is 16.5. The number of thiazole rings is 1. The number of carbonyl (C=O) groups excluding carboxylic acids is 1. The molecule has 1 aliphatic heterocycles. The lowest BCUT2D eigenvalue weighted by molar-refractivity contribution is -0.116. The summed E-state index contributed by atoms with van der Waals surface area (Å²) in [5, 5.41) is 6.03. The van der Waals surface area contributed by atoms with E-state index in [-0.39, 0.29) is 11.9 Å². The number of thiophene rings is 1. The molecule has 2 aromatic heterocycles. The van der Waals surface area contributed by atoms with Gasteiger partial charge >= 0.3 is 0 Å². The largest absolute Gasteiger partial charge is 0.351 e. The van der Waals surface area contributed by atoms with Crippen molar-refractivity contribution in [2.24, 2.45) is 0 Å². The zero-order valence-corrected chi connectivity index (χ0v) is 16.1. The second-order valence-electron chi connectivity index (χ2n) is 6.37. The highest BCUT2D eigenvalue weighted by Crippen LogP contribution is 2.28. The molecule has 1 N–H and O–H groups in total. The Labute approximate surface area is 161 Å². The molecule has 134 valence electrons. The highest BCUT2D eigenvalue weighted by Gasteiger charge is 2.24. The van der Waals surface area contributed by atoms with Gasteiger partial charge in [0.1, 0.15) is 5.01 Å². The SMILES string of the molecule is O=C(/C=C/c1nc2ccccc2s1)NCC(c1cccs1)N1CCCC1. The molecule has 1 fully saturated rings. The van der Waals surface area contributed by atoms with E-state index in [2.05, 4.69) is 32.7 Å². The van der Waals surface area contributed by atoms with Crippen molar-refractivity contribution in [1.82, 2.24) is 15.2 Å². The molecule has 1 atom stereocenters. The van der Waals surface area contributed by atoms with Crippen LogP contribution >= 0.6 is 22.7 Å². The summed E-state index contributed by atoms with van der Waals surface area (Å²) in [6.45, 7) is 2.86. The van der Waals surface area contributed by atoms with Gasteiger partial charge in [0, 0.05) is 17.5 Å². The van der Waals surface area contributed by atoms with Crippen LogP contribution in [-0.2, 0) is 4.79 Å². The molecule has 4 nitrogen and oxygen atoms in total. The highest BCUT2D eigenvalue weighted by atomic mass is 32.1. The van der Waals surface area contributed by atoms with E-state index in [4.69, 9.17) is 0 Å². The third kappa shape index (κ3) is 4.03. The van der Waals surface area contributed by atoms with Gasteiger partial charge in [-0.2, -0.15) is 0 Å². The molecule has 1 aromatic carbocycles. The Morgan fingerprint density at radius 3 is 2.85 bits per heavy atom. The van der Waals surface area contributed by atoms with Crippen molar-refractivity contribution >= 4 is 44.9 Å². The lowest BCUT2D eigenvalue weighted by Gasteiger charge is -2.26. The first kappa shape index (κ1) is 17.4. The number of likely N-dealkylation sites (tertiary alicyclic amines) is 1. The van der Waals surface area contributed by atoms with E-state index >= 15 is 0 Å². The third-order valence-corrected chi connectivity index (χ3v) is 6.59. The monoisotopic (exact) mass is 383 g/mol. The molecular weight excluding hydrogens is 362 g/mol. The average Bonchev–Trinajstić information content (AvgIpc) is 3.40. The number of carbonyl (C=O) groups is 1. The minimum absolute atomic E-state index is 0.0648. The minimum atomic E-state index is -0.0648. The first-order valence-electron chi connectivity index (χ1n) is 8.88. The topological polar surface area (TPSA) is 45.2 Å². The van der Waals surface area contributed by atoms with Crippen LogP contribution in [0, 0.1) is 0 Å². The first-order valence-corrected chi connectivity index (χ1v) is 10.6. The molecule has 3 heterocycles. The third-order valence-electron chi connectivity index (χ3n) is 4.61. The highest BCUT2D eigenvalue weighted by molar-refractivity contribution is 7.19. The van der Waals surface area contributed by atoms with Gasteiger partial charge in [-0.15, -0.1) is 22.7 Å². The summed E-state index contributed by atoms with van der Waals surface area (Å²) < 4.78 is 1.14. The summed E-state index contributed by atoms with van der Waals surface area (Å²) in [4.78, 5) is 20.6. The number of amides is 1. The number of rotatable bonds is 6. The molecule has 3 aromatic rings. The summed E-state index contributed by atoms with van der Waals surface area (Å²) in [6, 6.07) is 12.5. The predicted octanol–water partition coefficient (Wildman–Crippen LogP) is 4.32. The molecule has 0 aliphatic carbocycles. The zero-order chi connectivity index (χ0) is 17.8. The van der Waals surface area contributed by atoms with Crippen LogP contribution in [-0.4, -0.2) is 35.4 Å². The van der Waals surface area contributed by atoms with E-state index in [0.717, 1.165) is 28.3 Å². The van der Waals surface area contributed by atoms with Crippen molar-refractivity contribution in [3.05, 3.63) is 57.7 Å². The van der Waals surface area contributed by atoms with Crippen LogP contribution < -0.4 is 5.32 Å². The van der Waals surface area contributed by atoms with Crippen LogP contribution in [0.25, 0.3) is 16.3 Å². The maximum atomic E-state index is 12.3. The Hall–Kier alpha value is -2.02. The van der Waals surface area contributed by atoms with Gasteiger partial charge in [-0.25, -0.2) is 4.98 Å². The van der Waals surface area contributed by atoms with Crippen LogP contribution in [0.5, 0.6) is 0 Å². The van der Waals surface area contributed by atoms with Crippen LogP contribution in [0.15, 0.2) is 47.9 Å². The van der Waals surface area contributed by atoms with E-state index in [0.29, 0.717) is 6.54 Å². The quantitative estimate of drug-likeness (QED) is 0.645. The fourth-order valence-corrected chi connectivity index (χ4v) is 5.04. The van der Waals surface area contributed by atoms with Crippen molar-refractivity contribution < 1.29 is 4.79 Å². The summed E-state index contributed by atoms with van der Waals surface area (Å²) in [5.74, 6) is -0.0648. The number of aromatic nitrogens is 1. The van der Waals surface area contributed by atoms with Gasteiger partial charge in [-0.3, -0.25) is 9.69 Å². The summed E-state index contributed by atoms with van der Waals surface area (Å²) in [5.41, 5.74) is 0.976. The number of hydrogen-bond acceptors (Lipinski definition) is 5. The van der Waals surface area contributed by atoms with Crippen molar-refractivity contribution in [3.63, 3.8) is 0 Å². The number of hydrogen-bond donors (Lipinski definition) is 1. The molecule has 0 bridgehead atoms. The molecule has 1 aliphatic rings. The standard InChI is InChI=1S/C20H21N3OS2/c24-19(9-10-20-22-15-6-1-2-7-17(15)26-20)21-14-16(18-8-5-13-25-18)23-11-3-4-12-23/h1-2,5-10,13,16H,3-4,11-12,14H2,(H,21,24)/b10-9+. The second-order valence-corrected chi connectivity index (χ2v) is 8.41. The van der Waals surface area contributed by atoms with E-state index in [1.807, 2.05) is 24.3 Å². The minimum Gasteiger partial charge on any atom is -0.351 e. The fourth-order valence-electron chi connectivity index (χ4n) is 3.31. The van der Waals surface area contributed by atoms with Gasteiger partial charge in [-0.1, -0.05) is 18.2 Å². The molecule has 1 amide bonds. The molecule has 4 rings (SSSR count). The molecule has 0 spiro atoms. The lowest BCUT2D eigenvalue weighted by atomic mass is 10.2. The van der Waals surface area contributed by atoms with E-state index < -0.39 is 0 Å². The predicted molar refractivity (Wildman–Crippen MR) is 110 cm³/mol. The average molecular weight is 384 g/mol. The van der Waals surface area contributed by atoms with Crippen LogP contribution in [0.4, 0.5) is 0 Å². The maximum absolute atomic E-state index is 12.3. The van der Waals surface area contributed by atoms with Crippen molar-refractivity contribution in [2.45, 2.75) is 18.9 Å². The molecule has 6 heteroatoms. The second kappa shape index (κ2) is 8.12. The Balaban J connectivity index is 1.38. The van der Waals surface area contributed by atoms with E-state index in [9.17, 15) is 4.79 Å². The van der Waals surface area contributed by atoms with Gasteiger partial charge < -0.3 is 5.32 Å². The molecule has 0 saturated carbocycles. The molecule has 1 unspecified atom stereocenters. The number of fused-ring (bicyclic) bond motifs is 1. The van der Waals surface area contributed by atoms with Crippen LogP contribution in [0.2, 0.25) is 0 Å². The first-order chi connectivity index (χ1) is 12.8. The smallest absolute Gasteiger partial charge is 0.244 e. The molecule has 1 saturated heterocycles. The number of nitrogens with one attached hydrogen (secondary N) is 1. The van der Waals surface area contributed by atoms with Gasteiger partial charge in [0.15, 0.2) is 0 Å². The molecular formula is C20H21N3OS2. The van der Waals surface area contributed by atoms with E-state index in [1.54, 1.807) is 34.8 Å². The van der Waals surface area contributed by atoms with Gasteiger partial charge in [0.05, 0.1) is 16.3 Å². The van der Waals surface area contributed by atoms with E-state index in [1.165, 1.54) is 17.7 Å². The zero-order valence-electron chi connectivity index (χ0n) is 14.4. The fraction of sp³-hybridized carbons (Fsp3) is 0.300.